The van der Waals surface area contributed by atoms with Crippen LogP contribution in [0.4, 0.5) is 10.1 Å². The van der Waals surface area contributed by atoms with Crippen molar-refractivity contribution in [2.24, 2.45) is 0 Å². The highest BCUT2D eigenvalue weighted by molar-refractivity contribution is 5.52. The number of ether oxygens (including phenoxy) is 1. The van der Waals surface area contributed by atoms with E-state index in [0.717, 1.165) is 5.69 Å². The first-order chi connectivity index (χ1) is 6.77. The first kappa shape index (κ1) is 10.7. The summed E-state index contributed by atoms with van der Waals surface area (Å²) >= 11 is 0. The summed E-state index contributed by atoms with van der Waals surface area (Å²) in [6.07, 6.45) is 0.665. The molecule has 0 atom stereocenters. The average Bonchev–Trinajstić information content (AvgIpc) is 2.19. The Kier molecular flexibility index (Phi) is 4.07. The Labute approximate surface area is 81.9 Å². The Morgan fingerprint density at radius 1 is 1.57 bits per heavy atom. The Morgan fingerprint density at radius 2 is 2.36 bits per heavy atom. The summed E-state index contributed by atoms with van der Waals surface area (Å²) in [4.78, 5) is 10.0. The zero-order chi connectivity index (χ0) is 10.4. The van der Waals surface area contributed by atoms with Crippen LogP contribution in [-0.2, 0) is 16.1 Å². The zero-order valence-electron chi connectivity index (χ0n) is 7.92. The average molecular weight is 197 g/mol. The molecule has 0 aliphatic rings. The summed E-state index contributed by atoms with van der Waals surface area (Å²) in [6, 6.07) is 4.39. The van der Waals surface area contributed by atoms with Crippen LogP contribution in [0.3, 0.4) is 0 Å². The maximum absolute atomic E-state index is 12.8. The van der Waals surface area contributed by atoms with Gasteiger partial charge in [0.25, 0.3) is 0 Å². The summed E-state index contributed by atoms with van der Waals surface area (Å²) in [6.45, 7) is 0.256. The van der Waals surface area contributed by atoms with Gasteiger partial charge in [-0.05, 0) is 18.2 Å². The van der Waals surface area contributed by atoms with Crippen LogP contribution in [0.2, 0.25) is 0 Å². The van der Waals surface area contributed by atoms with Gasteiger partial charge in [-0.2, -0.15) is 0 Å². The van der Waals surface area contributed by atoms with Crippen molar-refractivity contribution in [3.05, 3.63) is 29.6 Å². The van der Waals surface area contributed by atoms with Crippen LogP contribution in [0.15, 0.2) is 18.2 Å². The molecule has 0 aromatic heterocycles. The van der Waals surface area contributed by atoms with Crippen molar-refractivity contribution >= 4 is 12.0 Å². The SMILES string of the molecule is CNc1ccc(F)cc1COCC=O. The van der Waals surface area contributed by atoms with Gasteiger partial charge in [0.1, 0.15) is 18.7 Å². The van der Waals surface area contributed by atoms with Crippen LogP contribution in [0, 0.1) is 5.82 Å². The van der Waals surface area contributed by atoms with Gasteiger partial charge in [-0.25, -0.2) is 4.39 Å². The highest BCUT2D eigenvalue weighted by atomic mass is 19.1. The highest BCUT2D eigenvalue weighted by Gasteiger charge is 2.02. The summed E-state index contributed by atoms with van der Waals surface area (Å²) in [5.74, 6) is -0.311. The monoisotopic (exact) mass is 197 g/mol. The minimum absolute atomic E-state index is 0.0274. The third kappa shape index (κ3) is 2.81. The second-order valence-corrected chi connectivity index (χ2v) is 2.73. The number of benzene rings is 1. The number of halogens is 1. The maximum Gasteiger partial charge on any atom is 0.145 e. The number of anilines is 1. The molecule has 0 saturated carbocycles. The molecule has 0 aliphatic heterocycles. The molecule has 4 heteroatoms. The van der Waals surface area contributed by atoms with E-state index >= 15 is 0 Å². The van der Waals surface area contributed by atoms with Gasteiger partial charge >= 0.3 is 0 Å². The van der Waals surface area contributed by atoms with Crippen molar-refractivity contribution in [2.45, 2.75) is 6.61 Å². The topological polar surface area (TPSA) is 38.3 Å². The van der Waals surface area contributed by atoms with Crippen molar-refractivity contribution in [2.75, 3.05) is 19.0 Å². The fraction of sp³-hybridized carbons (Fsp3) is 0.300. The maximum atomic E-state index is 12.8. The van der Waals surface area contributed by atoms with Crippen LogP contribution in [0.25, 0.3) is 0 Å². The molecule has 1 rings (SSSR count). The van der Waals surface area contributed by atoms with Crippen LogP contribution < -0.4 is 5.32 Å². The minimum atomic E-state index is -0.311. The van der Waals surface area contributed by atoms with Crippen LogP contribution in [-0.4, -0.2) is 19.9 Å². The molecular formula is C10H12FNO2. The number of aldehydes is 1. The molecule has 0 fully saturated rings. The largest absolute Gasteiger partial charge is 0.388 e. The molecule has 0 spiro atoms. The van der Waals surface area contributed by atoms with Crippen LogP contribution in [0.5, 0.6) is 0 Å². The lowest BCUT2D eigenvalue weighted by molar-refractivity contribution is -0.112. The van der Waals surface area contributed by atoms with E-state index in [1.807, 2.05) is 0 Å². The van der Waals surface area contributed by atoms with Gasteiger partial charge in [0.15, 0.2) is 0 Å². The molecule has 14 heavy (non-hydrogen) atoms. The first-order valence-electron chi connectivity index (χ1n) is 4.25. The Bertz CT molecular complexity index is 315. The summed E-state index contributed by atoms with van der Waals surface area (Å²) in [5, 5.41) is 2.91. The molecule has 0 heterocycles. The molecule has 0 bridgehead atoms. The number of hydrogen-bond donors (Lipinski definition) is 1. The highest BCUT2D eigenvalue weighted by Crippen LogP contribution is 2.17. The lowest BCUT2D eigenvalue weighted by atomic mass is 10.2. The summed E-state index contributed by atoms with van der Waals surface area (Å²) in [7, 11) is 1.75. The van der Waals surface area contributed by atoms with E-state index in [2.05, 4.69) is 5.32 Å². The Hall–Kier alpha value is -1.42. The van der Waals surface area contributed by atoms with Crippen LogP contribution >= 0.6 is 0 Å². The quantitative estimate of drug-likeness (QED) is 0.575. The normalized spacial score (nSPS) is 9.86. The van der Waals surface area contributed by atoms with Gasteiger partial charge in [0.2, 0.25) is 0 Å². The Morgan fingerprint density at radius 3 is 3.00 bits per heavy atom. The van der Waals surface area contributed by atoms with Gasteiger partial charge in [-0.3, -0.25) is 0 Å². The van der Waals surface area contributed by atoms with Crippen molar-refractivity contribution < 1.29 is 13.9 Å². The smallest absolute Gasteiger partial charge is 0.145 e. The molecule has 0 aliphatic carbocycles. The summed E-state index contributed by atoms with van der Waals surface area (Å²) < 4.78 is 17.8. The van der Waals surface area contributed by atoms with Crippen molar-refractivity contribution in [3.8, 4) is 0 Å². The van der Waals surface area contributed by atoms with E-state index in [4.69, 9.17) is 4.74 Å². The third-order valence-corrected chi connectivity index (χ3v) is 1.78. The molecular weight excluding hydrogens is 185 g/mol. The summed E-state index contributed by atoms with van der Waals surface area (Å²) in [5.41, 5.74) is 1.51. The number of hydrogen-bond acceptors (Lipinski definition) is 3. The predicted octanol–water partition coefficient (Wildman–Crippen LogP) is 1.58. The molecule has 0 unspecified atom stereocenters. The Balaban J connectivity index is 2.71. The molecule has 1 N–H and O–H groups in total. The number of rotatable bonds is 5. The molecule has 0 amide bonds. The number of carbonyl (C=O) groups is 1. The molecule has 76 valence electrons. The fourth-order valence-corrected chi connectivity index (χ4v) is 1.14. The second-order valence-electron chi connectivity index (χ2n) is 2.73. The van der Waals surface area contributed by atoms with E-state index < -0.39 is 0 Å². The van der Waals surface area contributed by atoms with E-state index in [1.54, 1.807) is 13.1 Å². The predicted molar refractivity (Wildman–Crippen MR) is 51.7 cm³/mol. The molecule has 0 saturated heterocycles. The van der Waals surface area contributed by atoms with E-state index in [-0.39, 0.29) is 19.0 Å². The van der Waals surface area contributed by atoms with Crippen molar-refractivity contribution in [1.29, 1.82) is 0 Å². The lowest BCUT2D eigenvalue weighted by Crippen LogP contribution is -2.01. The van der Waals surface area contributed by atoms with Gasteiger partial charge in [0, 0.05) is 18.3 Å². The second kappa shape index (κ2) is 5.34. The first-order valence-corrected chi connectivity index (χ1v) is 4.25. The fourth-order valence-electron chi connectivity index (χ4n) is 1.14. The number of carbonyl (C=O) groups excluding carboxylic acids is 1. The van der Waals surface area contributed by atoms with E-state index in [9.17, 15) is 9.18 Å². The van der Waals surface area contributed by atoms with Crippen LogP contribution in [0.1, 0.15) is 5.56 Å². The van der Waals surface area contributed by atoms with Crippen molar-refractivity contribution in [1.82, 2.24) is 0 Å². The standard InChI is InChI=1S/C10H12FNO2/c1-12-10-3-2-9(11)6-8(10)7-14-5-4-13/h2-4,6,12H,5,7H2,1H3. The van der Waals surface area contributed by atoms with Crippen molar-refractivity contribution in [3.63, 3.8) is 0 Å². The van der Waals surface area contributed by atoms with Gasteiger partial charge < -0.3 is 14.8 Å². The molecule has 0 radical (unpaired) electrons. The minimum Gasteiger partial charge on any atom is -0.388 e. The third-order valence-electron chi connectivity index (χ3n) is 1.78. The van der Waals surface area contributed by atoms with Gasteiger partial charge in [-0.15, -0.1) is 0 Å². The van der Waals surface area contributed by atoms with Gasteiger partial charge in [-0.1, -0.05) is 0 Å². The number of nitrogens with one attached hydrogen (secondary N) is 1. The molecule has 1 aromatic rings. The van der Waals surface area contributed by atoms with E-state index in [1.165, 1.54) is 12.1 Å². The zero-order valence-corrected chi connectivity index (χ0v) is 7.92. The molecule has 1 aromatic carbocycles. The molecule has 3 nitrogen and oxygen atoms in total. The lowest BCUT2D eigenvalue weighted by Gasteiger charge is -2.08. The van der Waals surface area contributed by atoms with E-state index in [0.29, 0.717) is 11.8 Å². The van der Waals surface area contributed by atoms with Gasteiger partial charge in [0.05, 0.1) is 6.61 Å².